The van der Waals surface area contributed by atoms with Crippen LogP contribution in [-0.2, 0) is 17.0 Å². The molecule has 173 valence electrons. The van der Waals surface area contributed by atoms with E-state index in [9.17, 15) is 9.90 Å². The molecular formula is C26H25N3O4V. The van der Waals surface area contributed by atoms with Gasteiger partial charge in [-0.15, -0.1) is 0 Å². The van der Waals surface area contributed by atoms with Gasteiger partial charge in [-0.2, -0.15) is 0 Å². The molecule has 2 heterocycles. The Bertz CT molecular complexity index is 1410. The fourth-order valence-corrected chi connectivity index (χ4v) is 4.17. The first-order valence-corrected chi connectivity index (χ1v) is 11.6. The molecule has 0 radical (unpaired) electrons. The first-order chi connectivity index (χ1) is 16.2. The zero-order valence-corrected chi connectivity index (χ0v) is 20.8. The Balaban J connectivity index is 1.78. The molecule has 34 heavy (non-hydrogen) atoms. The van der Waals surface area contributed by atoms with Crippen LogP contribution in [0.5, 0.6) is 6.01 Å². The zero-order chi connectivity index (χ0) is 24.4. The SMILES string of the molecule is Cc1cc(C(C)Nc2ccccc2C(=O)O)c2oc(-c3cnc(OC(C)C)nc3)c[c](=[V])c2c1. The van der Waals surface area contributed by atoms with Crippen molar-refractivity contribution in [2.45, 2.75) is 39.8 Å². The van der Waals surface area contributed by atoms with Gasteiger partial charge in [0.15, 0.2) is 0 Å². The van der Waals surface area contributed by atoms with Crippen LogP contribution in [0.15, 0.2) is 59.3 Å². The molecule has 0 spiro atoms. The molecule has 8 heteroatoms. The van der Waals surface area contributed by atoms with Crippen molar-refractivity contribution in [1.82, 2.24) is 9.97 Å². The number of hydrogen-bond donors (Lipinski definition) is 2. The molecule has 0 fully saturated rings. The van der Waals surface area contributed by atoms with Crippen molar-refractivity contribution in [2.75, 3.05) is 5.32 Å². The number of aromatic nitrogens is 2. The molecule has 0 aliphatic carbocycles. The van der Waals surface area contributed by atoms with E-state index in [1.165, 1.54) is 0 Å². The number of anilines is 1. The van der Waals surface area contributed by atoms with E-state index in [1.54, 1.807) is 30.6 Å². The Hall–Kier alpha value is -3.42. The molecular weight excluding hydrogens is 469 g/mol. The van der Waals surface area contributed by atoms with Crippen LogP contribution in [0, 0.1) is 10.8 Å². The molecule has 2 aromatic heterocycles. The van der Waals surface area contributed by atoms with Gasteiger partial charge in [-0.05, 0) is 0 Å². The Labute approximate surface area is 206 Å². The van der Waals surface area contributed by atoms with Crippen molar-refractivity contribution in [2.24, 2.45) is 0 Å². The van der Waals surface area contributed by atoms with Crippen LogP contribution < -0.4 is 10.1 Å². The van der Waals surface area contributed by atoms with Gasteiger partial charge in [0.1, 0.15) is 0 Å². The Morgan fingerprint density at radius 3 is 2.50 bits per heavy atom. The molecule has 0 aliphatic heterocycles. The second kappa shape index (κ2) is 9.83. The molecule has 2 N–H and O–H groups in total. The summed E-state index contributed by atoms with van der Waals surface area (Å²) in [6, 6.07) is 13.1. The summed E-state index contributed by atoms with van der Waals surface area (Å²) < 4.78 is 12.9. The number of nitrogens with one attached hydrogen (secondary N) is 1. The topological polar surface area (TPSA) is 97.5 Å². The maximum absolute atomic E-state index is 11.7. The molecule has 1 unspecified atom stereocenters. The van der Waals surface area contributed by atoms with Gasteiger partial charge >= 0.3 is 207 Å². The summed E-state index contributed by atoms with van der Waals surface area (Å²) in [5.74, 6) is -0.350. The Kier molecular flexibility index (Phi) is 6.86. The van der Waals surface area contributed by atoms with E-state index in [1.807, 2.05) is 39.8 Å². The number of ether oxygens (including phenoxy) is 1. The van der Waals surface area contributed by atoms with Gasteiger partial charge < -0.3 is 0 Å². The minimum atomic E-state index is -0.977. The molecule has 4 aromatic rings. The first kappa shape index (κ1) is 23.7. The first-order valence-electron chi connectivity index (χ1n) is 10.9. The van der Waals surface area contributed by atoms with Crippen LogP contribution in [0.4, 0.5) is 5.69 Å². The van der Waals surface area contributed by atoms with E-state index >= 15 is 0 Å². The number of carboxylic acids is 1. The molecule has 0 aliphatic rings. The van der Waals surface area contributed by atoms with Gasteiger partial charge in [0, 0.05) is 0 Å². The van der Waals surface area contributed by atoms with Gasteiger partial charge in [0.25, 0.3) is 0 Å². The molecule has 2 aromatic carbocycles. The van der Waals surface area contributed by atoms with Gasteiger partial charge in [0.05, 0.1) is 0 Å². The standard InChI is InChI=1S/C26H25N3O4.V/c1-15(2)32-26-27-13-19(14-28-26)23-10-9-18-11-16(3)12-21(24(18)33-23)17(4)29-22-8-6-5-7-20(22)25(30)31;/h5-8,10-15,17,29H,1-4H3,(H,30,31);. The number of para-hydroxylation sites is 1. The van der Waals surface area contributed by atoms with Gasteiger partial charge in [-0.1, -0.05) is 0 Å². The predicted molar refractivity (Wildman–Crippen MR) is 126 cm³/mol. The van der Waals surface area contributed by atoms with Crippen LogP contribution in [-0.4, -0.2) is 27.1 Å². The zero-order valence-electron chi connectivity index (χ0n) is 19.4. The third kappa shape index (κ3) is 5.06. The average molecular weight is 494 g/mol. The number of aromatic carboxylic acids is 1. The number of hydrogen-bond acceptors (Lipinski definition) is 6. The van der Waals surface area contributed by atoms with Crippen molar-refractivity contribution in [3.8, 4) is 17.3 Å². The fourth-order valence-electron chi connectivity index (χ4n) is 3.73. The van der Waals surface area contributed by atoms with Crippen molar-refractivity contribution in [1.29, 1.82) is 0 Å². The summed E-state index contributed by atoms with van der Waals surface area (Å²) in [4.78, 5) is 20.2. The quantitative estimate of drug-likeness (QED) is 0.328. The summed E-state index contributed by atoms with van der Waals surface area (Å²) >= 11 is 2.59. The summed E-state index contributed by atoms with van der Waals surface area (Å²) in [6.45, 7) is 7.86. The van der Waals surface area contributed by atoms with Crippen LogP contribution >= 0.6 is 0 Å². The van der Waals surface area contributed by atoms with E-state index in [-0.39, 0.29) is 17.7 Å². The minimum absolute atomic E-state index is 0.0122. The van der Waals surface area contributed by atoms with Gasteiger partial charge in [-0.3, -0.25) is 0 Å². The number of benzene rings is 2. The Morgan fingerprint density at radius 2 is 1.82 bits per heavy atom. The second-order valence-corrected chi connectivity index (χ2v) is 9.12. The van der Waals surface area contributed by atoms with Crippen molar-refractivity contribution in [3.63, 3.8) is 0 Å². The van der Waals surface area contributed by atoms with Gasteiger partial charge in [0.2, 0.25) is 0 Å². The number of nitrogens with zero attached hydrogens (tertiary/aromatic N) is 2. The number of aryl methyl sites for hydroxylation is 1. The van der Waals surface area contributed by atoms with Crippen LogP contribution in [0.1, 0.15) is 48.3 Å². The normalized spacial score (nSPS) is 12.0. The molecule has 0 saturated heterocycles. The van der Waals surface area contributed by atoms with Crippen molar-refractivity contribution >= 4 is 22.6 Å². The number of carboxylic acid groups (broad SMARTS) is 1. The van der Waals surface area contributed by atoms with E-state index in [4.69, 9.17) is 9.15 Å². The molecule has 0 saturated carbocycles. The van der Waals surface area contributed by atoms with E-state index in [0.717, 1.165) is 25.9 Å². The summed E-state index contributed by atoms with van der Waals surface area (Å²) in [5.41, 5.74) is 4.22. The predicted octanol–water partition coefficient (Wildman–Crippen LogP) is 5.94. The summed E-state index contributed by atoms with van der Waals surface area (Å²) in [7, 11) is 0. The monoisotopic (exact) mass is 494 g/mol. The third-order valence-corrected chi connectivity index (χ3v) is 5.85. The van der Waals surface area contributed by atoms with E-state index in [0.29, 0.717) is 23.0 Å². The number of rotatable bonds is 7. The fraction of sp³-hybridized carbons (Fsp3) is 0.231. The molecule has 0 amide bonds. The van der Waals surface area contributed by atoms with E-state index in [2.05, 4.69) is 44.4 Å². The number of carbonyl (C=O) groups is 1. The second-order valence-electron chi connectivity index (χ2n) is 8.36. The van der Waals surface area contributed by atoms with E-state index < -0.39 is 5.97 Å². The van der Waals surface area contributed by atoms with Crippen LogP contribution in [0.3, 0.4) is 0 Å². The van der Waals surface area contributed by atoms with Gasteiger partial charge in [-0.25, -0.2) is 0 Å². The molecule has 4 rings (SSSR count). The summed E-state index contributed by atoms with van der Waals surface area (Å²) in [6.07, 6.45) is 3.35. The molecule has 1 atom stereocenters. The van der Waals surface area contributed by atoms with Crippen LogP contribution in [0.25, 0.3) is 22.3 Å². The summed E-state index contributed by atoms with van der Waals surface area (Å²) in [5, 5.41) is 13.9. The average Bonchev–Trinajstić information content (AvgIpc) is 2.79. The van der Waals surface area contributed by atoms with Crippen molar-refractivity contribution < 1.29 is 36.0 Å². The Morgan fingerprint density at radius 1 is 1.12 bits per heavy atom. The maximum atomic E-state index is 11.7. The van der Waals surface area contributed by atoms with Crippen molar-refractivity contribution in [3.05, 3.63) is 75.4 Å². The third-order valence-electron chi connectivity index (χ3n) is 5.27. The van der Waals surface area contributed by atoms with Crippen LogP contribution in [0.2, 0.25) is 0 Å². The molecule has 0 bridgehead atoms. The number of fused-ring (bicyclic) bond motifs is 1. The molecule has 7 nitrogen and oxygen atoms in total.